The van der Waals surface area contributed by atoms with Crippen molar-refractivity contribution in [3.63, 3.8) is 0 Å². The van der Waals surface area contributed by atoms with Crippen molar-refractivity contribution >= 4 is 17.6 Å². The first kappa shape index (κ1) is 19.9. The molecule has 1 unspecified atom stereocenters. The number of urea groups is 1. The van der Waals surface area contributed by atoms with Gasteiger partial charge in [-0.05, 0) is 57.6 Å². The minimum absolute atomic E-state index is 0.0789. The van der Waals surface area contributed by atoms with Crippen LogP contribution in [0.1, 0.15) is 40.4 Å². The summed E-state index contributed by atoms with van der Waals surface area (Å²) in [4.78, 5) is 26.6. The molecule has 1 saturated carbocycles. The van der Waals surface area contributed by atoms with Crippen LogP contribution in [0.2, 0.25) is 0 Å². The summed E-state index contributed by atoms with van der Waals surface area (Å²) < 4.78 is 0. The minimum Gasteiger partial charge on any atom is -0.350 e. The number of likely N-dealkylation sites (N-methyl/N-ethyl adjacent to an activating group) is 1. The average molecular weight is 380 g/mol. The first-order valence-electron chi connectivity index (χ1n) is 9.61. The molecule has 1 aliphatic rings. The fourth-order valence-electron chi connectivity index (χ4n) is 3.00. The van der Waals surface area contributed by atoms with Crippen LogP contribution in [0.15, 0.2) is 48.5 Å². The molecule has 3 rings (SSSR count). The maximum atomic E-state index is 12.6. The minimum atomic E-state index is -0.230. The van der Waals surface area contributed by atoms with E-state index < -0.39 is 0 Å². The average Bonchev–Trinajstić information content (AvgIpc) is 3.47. The Balaban J connectivity index is 1.60. The summed E-state index contributed by atoms with van der Waals surface area (Å²) in [5.41, 5.74) is 3.49. The van der Waals surface area contributed by atoms with Crippen molar-refractivity contribution in [2.75, 3.05) is 26.0 Å². The van der Waals surface area contributed by atoms with Gasteiger partial charge in [0, 0.05) is 23.8 Å². The van der Waals surface area contributed by atoms with E-state index in [0.29, 0.717) is 17.8 Å². The molecular formula is C22H28N4O2. The molecule has 6 heteroatoms. The molecule has 0 bridgehead atoms. The highest BCUT2D eigenvalue weighted by Crippen LogP contribution is 2.20. The number of hydrogen-bond acceptors (Lipinski definition) is 3. The molecule has 148 valence electrons. The van der Waals surface area contributed by atoms with E-state index in [0.717, 1.165) is 18.4 Å². The van der Waals surface area contributed by atoms with Crippen molar-refractivity contribution in [1.29, 1.82) is 0 Å². The summed E-state index contributed by atoms with van der Waals surface area (Å²) in [6.45, 7) is 2.55. The van der Waals surface area contributed by atoms with Crippen LogP contribution in [0.4, 0.5) is 10.5 Å². The van der Waals surface area contributed by atoms with Crippen LogP contribution >= 0.6 is 0 Å². The Morgan fingerprint density at radius 2 is 1.82 bits per heavy atom. The Labute approximate surface area is 166 Å². The van der Waals surface area contributed by atoms with Gasteiger partial charge in [-0.2, -0.15) is 0 Å². The smallest absolute Gasteiger partial charge is 0.319 e. The van der Waals surface area contributed by atoms with Gasteiger partial charge in [0.1, 0.15) is 0 Å². The number of anilines is 1. The Morgan fingerprint density at radius 1 is 1.11 bits per heavy atom. The SMILES string of the molecule is Cc1ccc(C(CNC(=O)c2cccc(NC(=O)NC3CC3)c2)N(C)C)cc1. The van der Waals surface area contributed by atoms with Gasteiger partial charge in [-0.25, -0.2) is 4.79 Å². The van der Waals surface area contributed by atoms with Crippen LogP contribution in [0, 0.1) is 6.92 Å². The molecule has 28 heavy (non-hydrogen) atoms. The summed E-state index contributed by atoms with van der Waals surface area (Å²) >= 11 is 0. The third-order valence-corrected chi connectivity index (χ3v) is 4.84. The zero-order valence-electron chi connectivity index (χ0n) is 16.7. The fraction of sp³-hybridized carbons (Fsp3) is 0.364. The van der Waals surface area contributed by atoms with Gasteiger partial charge in [0.25, 0.3) is 5.91 Å². The van der Waals surface area contributed by atoms with Gasteiger partial charge in [0.05, 0.1) is 6.04 Å². The van der Waals surface area contributed by atoms with Gasteiger partial charge in [0.2, 0.25) is 0 Å². The summed E-state index contributed by atoms with van der Waals surface area (Å²) in [7, 11) is 4.00. The van der Waals surface area contributed by atoms with Crippen molar-refractivity contribution in [2.45, 2.75) is 31.8 Å². The molecule has 2 aromatic rings. The lowest BCUT2D eigenvalue weighted by atomic mass is 10.0. The Hall–Kier alpha value is -2.86. The molecule has 3 N–H and O–H groups in total. The van der Waals surface area contributed by atoms with Gasteiger partial charge < -0.3 is 20.9 Å². The van der Waals surface area contributed by atoms with Gasteiger partial charge in [0.15, 0.2) is 0 Å². The van der Waals surface area contributed by atoms with Crippen LogP contribution in [0.25, 0.3) is 0 Å². The van der Waals surface area contributed by atoms with Crippen molar-refractivity contribution in [1.82, 2.24) is 15.5 Å². The number of aryl methyl sites for hydroxylation is 1. The molecule has 3 amide bonds. The number of benzene rings is 2. The van der Waals surface area contributed by atoms with E-state index in [1.807, 2.05) is 14.1 Å². The summed E-state index contributed by atoms with van der Waals surface area (Å²) in [6, 6.07) is 15.5. The van der Waals surface area contributed by atoms with E-state index in [1.165, 1.54) is 5.56 Å². The normalized spacial score (nSPS) is 14.4. The zero-order valence-corrected chi connectivity index (χ0v) is 16.7. The highest BCUT2D eigenvalue weighted by atomic mass is 16.2. The number of amides is 3. The molecule has 0 heterocycles. The third kappa shape index (κ3) is 5.57. The van der Waals surface area contributed by atoms with Crippen LogP contribution in [-0.4, -0.2) is 43.5 Å². The van der Waals surface area contributed by atoms with Crippen molar-refractivity contribution in [3.8, 4) is 0 Å². The van der Waals surface area contributed by atoms with Crippen molar-refractivity contribution in [2.24, 2.45) is 0 Å². The maximum Gasteiger partial charge on any atom is 0.319 e. The summed E-state index contributed by atoms with van der Waals surface area (Å²) in [5, 5.41) is 8.66. The number of nitrogens with zero attached hydrogens (tertiary/aromatic N) is 1. The first-order valence-corrected chi connectivity index (χ1v) is 9.61. The van der Waals surface area contributed by atoms with Crippen molar-refractivity contribution in [3.05, 3.63) is 65.2 Å². The lowest BCUT2D eigenvalue weighted by Gasteiger charge is -2.25. The molecule has 0 aromatic heterocycles. The predicted molar refractivity (Wildman–Crippen MR) is 112 cm³/mol. The highest BCUT2D eigenvalue weighted by Gasteiger charge is 2.23. The van der Waals surface area contributed by atoms with Crippen LogP contribution in [-0.2, 0) is 0 Å². The number of hydrogen-bond donors (Lipinski definition) is 3. The first-order chi connectivity index (χ1) is 13.4. The van der Waals surface area contributed by atoms with Gasteiger partial charge in [-0.1, -0.05) is 35.9 Å². The topological polar surface area (TPSA) is 73.5 Å². The quantitative estimate of drug-likeness (QED) is 0.690. The molecule has 6 nitrogen and oxygen atoms in total. The zero-order chi connectivity index (χ0) is 20.1. The van der Waals surface area contributed by atoms with E-state index in [4.69, 9.17) is 0 Å². The van der Waals surface area contributed by atoms with E-state index in [-0.39, 0.29) is 24.0 Å². The monoisotopic (exact) mass is 380 g/mol. The van der Waals surface area contributed by atoms with E-state index >= 15 is 0 Å². The second-order valence-electron chi connectivity index (χ2n) is 7.55. The Morgan fingerprint density at radius 3 is 2.46 bits per heavy atom. The molecule has 0 spiro atoms. The van der Waals surface area contributed by atoms with E-state index in [9.17, 15) is 9.59 Å². The lowest BCUT2D eigenvalue weighted by molar-refractivity contribution is 0.0942. The molecule has 1 atom stereocenters. The van der Waals surface area contributed by atoms with Crippen LogP contribution in [0.3, 0.4) is 0 Å². The van der Waals surface area contributed by atoms with Crippen LogP contribution < -0.4 is 16.0 Å². The second kappa shape index (κ2) is 8.89. The number of nitrogens with one attached hydrogen (secondary N) is 3. The maximum absolute atomic E-state index is 12.6. The van der Waals surface area contributed by atoms with Gasteiger partial charge in [-0.15, -0.1) is 0 Å². The van der Waals surface area contributed by atoms with Gasteiger partial charge >= 0.3 is 6.03 Å². The predicted octanol–water partition coefficient (Wildman–Crippen LogP) is 3.31. The van der Waals surface area contributed by atoms with E-state index in [2.05, 4.69) is 52.0 Å². The molecule has 0 radical (unpaired) electrons. The molecule has 1 aliphatic carbocycles. The standard InChI is InChI=1S/C22H28N4O2/c1-15-7-9-16(10-8-15)20(26(2)3)14-23-21(27)17-5-4-6-19(13-17)25-22(28)24-18-11-12-18/h4-10,13,18,20H,11-12,14H2,1-3H3,(H,23,27)(H2,24,25,28). The number of rotatable bonds is 7. The molecule has 0 aliphatic heterocycles. The molecule has 0 saturated heterocycles. The third-order valence-electron chi connectivity index (χ3n) is 4.84. The molecule has 1 fully saturated rings. The fourth-order valence-corrected chi connectivity index (χ4v) is 3.00. The summed E-state index contributed by atoms with van der Waals surface area (Å²) in [6.07, 6.45) is 2.06. The van der Waals surface area contributed by atoms with Crippen LogP contribution in [0.5, 0.6) is 0 Å². The van der Waals surface area contributed by atoms with Crippen molar-refractivity contribution < 1.29 is 9.59 Å². The number of carbonyl (C=O) groups is 2. The van der Waals surface area contributed by atoms with Gasteiger partial charge in [-0.3, -0.25) is 4.79 Å². The lowest BCUT2D eigenvalue weighted by Crippen LogP contribution is -2.34. The van der Waals surface area contributed by atoms with E-state index in [1.54, 1.807) is 24.3 Å². The highest BCUT2D eigenvalue weighted by molar-refractivity contribution is 5.97. The Bertz CT molecular complexity index is 829. The molecule has 2 aromatic carbocycles. The number of carbonyl (C=O) groups excluding carboxylic acids is 2. The molecular weight excluding hydrogens is 352 g/mol. The Kier molecular flexibility index (Phi) is 6.31. The second-order valence-corrected chi connectivity index (χ2v) is 7.55. The largest absolute Gasteiger partial charge is 0.350 e. The summed E-state index contributed by atoms with van der Waals surface area (Å²) in [5.74, 6) is -0.162.